The molecular weight excluding hydrogens is 589 g/mol. The molecule has 0 amide bonds. The number of Topliss-reactive ketones (excluding diaryl/α,β-unsaturated/α-hetero) is 1. The van der Waals surface area contributed by atoms with Crippen LogP contribution >= 0.6 is 23.2 Å². The molecule has 0 bridgehead atoms. The predicted molar refractivity (Wildman–Crippen MR) is 149 cm³/mol. The van der Waals surface area contributed by atoms with Gasteiger partial charge in [-0.15, -0.1) is 5.10 Å². The second-order valence-electron chi connectivity index (χ2n) is 10.8. The van der Waals surface area contributed by atoms with Crippen molar-refractivity contribution in [3.8, 4) is 22.7 Å². The normalized spacial score (nSPS) is 22.0. The van der Waals surface area contributed by atoms with Crippen molar-refractivity contribution in [2.24, 2.45) is 10.9 Å². The average Bonchev–Trinajstić information content (AvgIpc) is 3.28. The molecule has 4 aromatic rings. The van der Waals surface area contributed by atoms with Crippen molar-refractivity contribution in [3.63, 3.8) is 0 Å². The highest BCUT2D eigenvalue weighted by atomic mass is 35.5. The molecule has 0 radical (unpaired) electrons. The van der Waals surface area contributed by atoms with Gasteiger partial charge in [0.2, 0.25) is 5.95 Å². The summed E-state index contributed by atoms with van der Waals surface area (Å²) >= 11 is 12.3. The zero-order valence-corrected chi connectivity index (χ0v) is 23.0. The molecule has 0 N–H and O–H groups in total. The molecule has 8 rings (SSSR count). The third kappa shape index (κ3) is 3.87. The third-order valence-electron chi connectivity index (χ3n) is 8.24. The van der Waals surface area contributed by atoms with Gasteiger partial charge in [0.15, 0.2) is 22.5 Å². The molecule has 0 unspecified atom stereocenters. The van der Waals surface area contributed by atoms with Gasteiger partial charge in [0.1, 0.15) is 12.4 Å². The average molecular weight is 607 g/mol. The van der Waals surface area contributed by atoms with Crippen LogP contribution in [0.5, 0.6) is 5.75 Å². The Morgan fingerprint density at radius 2 is 1.88 bits per heavy atom. The summed E-state index contributed by atoms with van der Waals surface area (Å²) in [6.07, 6.45) is 2.41. The van der Waals surface area contributed by atoms with Gasteiger partial charge in [-0.3, -0.25) is 14.2 Å². The third-order valence-corrected chi connectivity index (χ3v) is 8.65. The van der Waals surface area contributed by atoms with Gasteiger partial charge in [-0.25, -0.2) is 19.0 Å². The second-order valence-corrected chi connectivity index (χ2v) is 11.6. The summed E-state index contributed by atoms with van der Waals surface area (Å²) < 4.78 is 39.1. The molecule has 3 atom stereocenters. The quantitative estimate of drug-likeness (QED) is 0.293. The minimum Gasteiger partial charge on any atom is -0.482 e. The van der Waals surface area contributed by atoms with Gasteiger partial charge >= 0.3 is 0 Å². The molecule has 9 nitrogen and oxygen atoms in total. The Morgan fingerprint density at radius 1 is 1.02 bits per heavy atom. The highest BCUT2D eigenvalue weighted by molar-refractivity contribution is 6.31. The SMILES string of the molecule is O=C1COc2c(ccc(C3=C(F)N=C([C@@H]4[C@H]5C[C@H]5c5nc(-c6cc(Cl)ccc6-n6cc(Cl)nn6)cc(=O)n54)C3)c2F)C1. The first-order valence-electron chi connectivity index (χ1n) is 13.2. The number of aliphatic imine (C=N–C) groups is 1. The first kappa shape index (κ1) is 25.5. The molecule has 1 saturated carbocycles. The van der Waals surface area contributed by atoms with Crippen molar-refractivity contribution in [1.29, 1.82) is 0 Å². The molecule has 1 fully saturated rings. The lowest BCUT2D eigenvalue weighted by Crippen LogP contribution is -2.30. The maximum atomic E-state index is 15.4. The van der Waals surface area contributed by atoms with Crippen LogP contribution in [-0.2, 0) is 11.2 Å². The van der Waals surface area contributed by atoms with E-state index in [9.17, 15) is 9.59 Å². The van der Waals surface area contributed by atoms with Crippen LogP contribution in [0.1, 0.15) is 41.8 Å². The summed E-state index contributed by atoms with van der Waals surface area (Å²) in [5.74, 6) is -1.07. The van der Waals surface area contributed by atoms with Crippen LogP contribution in [-0.4, -0.2) is 42.6 Å². The number of rotatable bonds is 4. The van der Waals surface area contributed by atoms with E-state index in [1.165, 1.54) is 23.0 Å². The molecule has 13 heteroatoms. The number of ketones is 1. The monoisotopic (exact) mass is 606 g/mol. The smallest absolute Gasteiger partial charge is 0.254 e. The van der Waals surface area contributed by atoms with Gasteiger partial charge in [-0.05, 0) is 30.5 Å². The lowest BCUT2D eigenvalue weighted by Gasteiger charge is -2.20. The summed E-state index contributed by atoms with van der Waals surface area (Å²) in [6, 6.07) is 9.08. The number of hydrogen-bond acceptors (Lipinski definition) is 7. The van der Waals surface area contributed by atoms with Crippen LogP contribution < -0.4 is 10.3 Å². The highest BCUT2D eigenvalue weighted by Gasteiger charge is 2.56. The number of carbonyl (C=O) groups is 1. The first-order chi connectivity index (χ1) is 20.3. The molecule has 0 spiro atoms. The largest absolute Gasteiger partial charge is 0.482 e. The maximum absolute atomic E-state index is 15.4. The zero-order chi connectivity index (χ0) is 28.9. The predicted octanol–water partition coefficient (Wildman–Crippen LogP) is 5.28. The van der Waals surface area contributed by atoms with E-state index in [4.69, 9.17) is 32.9 Å². The Morgan fingerprint density at radius 3 is 2.69 bits per heavy atom. The summed E-state index contributed by atoms with van der Waals surface area (Å²) in [5.41, 5.74) is 2.26. The minimum atomic E-state index is -0.797. The van der Waals surface area contributed by atoms with Gasteiger partial charge < -0.3 is 4.74 Å². The Balaban J connectivity index is 1.14. The molecule has 0 saturated heterocycles. The van der Waals surface area contributed by atoms with Gasteiger partial charge in [0.25, 0.3) is 5.56 Å². The fourth-order valence-corrected chi connectivity index (χ4v) is 6.61. The summed E-state index contributed by atoms with van der Waals surface area (Å²) in [5, 5.41) is 8.52. The number of allylic oxidation sites excluding steroid dienone is 1. The van der Waals surface area contributed by atoms with E-state index in [2.05, 4.69) is 15.3 Å². The van der Waals surface area contributed by atoms with Crippen molar-refractivity contribution in [1.82, 2.24) is 24.5 Å². The van der Waals surface area contributed by atoms with Crippen molar-refractivity contribution >= 4 is 40.3 Å². The van der Waals surface area contributed by atoms with Crippen molar-refractivity contribution in [2.75, 3.05) is 6.61 Å². The van der Waals surface area contributed by atoms with Crippen molar-refractivity contribution in [3.05, 3.63) is 91.8 Å². The van der Waals surface area contributed by atoms with Gasteiger partial charge in [0, 0.05) is 57.8 Å². The maximum Gasteiger partial charge on any atom is 0.254 e. The van der Waals surface area contributed by atoms with Crippen LogP contribution in [0.15, 0.2) is 58.3 Å². The van der Waals surface area contributed by atoms with E-state index >= 15 is 8.78 Å². The van der Waals surface area contributed by atoms with E-state index in [0.29, 0.717) is 39.1 Å². The topological polar surface area (TPSA) is 104 Å². The second kappa shape index (κ2) is 9.14. The molecule has 5 heterocycles. The molecular formula is C29H18Cl2F2N6O3. The Bertz CT molecular complexity index is 2000. The summed E-state index contributed by atoms with van der Waals surface area (Å²) in [4.78, 5) is 34.4. The standard InChI is InChI=1S/C29H18Cl2F2N6O3/c30-13-2-4-22(38-10-23(31)36-37-38)19(6-13)20-9-24(41)39-26(16-7-18(16)29(39)35-20)21-8-17(28(33)34-21)15-3-1-12-5-14(40)11-42-27(12)25(15)32/h1-4,6,9-10,16,18,26H,5,7-8,11H2/t16-,18+,26-/m0/s1. The van der Waals surface area contributed by atoms with E-state index in [1.54, 1.807) is 28.8 Å². The molecule has 210 valence electrons. The van der Waals surface area contributed by atoms with E-state index < -0.39 is 17.8 Å². The number of aromatic nitrogens is 5. The molecule has 42 heavy (non-hydrogen) atoms. The van der Waals surface area contributed by atoms with Gasteiger partial charge in [-0.2, -0.15) is 4.39 Å². The van der Waals surface area contributed by atoms with Gasteiger partial charge in [0.05, 0.1) is 23.6 Å². The van der Waals surface area contributed by atoms with Crippen LogP contribution in [0.3, 0.4) is 0 Å². The molecule has 1 aliphatic carbocycles. The van der Waals surface area contributed by atoms with Gasteiger partial charge in [-0.1, -0.05) is 40.5 Å². The van der Waals surface area contributed by atoms with Crippen LogP contribution in [0.4, 0.5) is 8.78 Å². The van der Waals surface area contributed by atoms with E-state index in [-0.39, 0.29) is 64.7 Å². The fourth-order valence-electron chi connectivity index (χ4n) is 6.32. The number of carbonyl (C=O) groups excluding carboxylic acids is 1. The van der Waals surface area contributed by atoms with Crippen LogP contribution in [0.25, 0.3) is 22.5 Å². The Labute approximate surface area is 246 Å². The lowest BCUT2D eigenvalue weighted by atomic mass is 9.94. The van der Waals surface area contributed by atoms with Crippen LogP contribution in [0.2, 0.25) is 10.2 Å². The summed E-state index contributed by atoms with van der Waals surface area (Å²) in [7, 11) is 0. The number of nitrogens with zero attached hydrogens (tertiary/aromatic N) is 6. The highest BCUT2D eigenvalue weighted by Crippen LogP contribution is 2.60. The molecule has 2 aromatic heterocycles. The number of hydrogen-bond donors (Lipinski definition) is 0. The zero-order valence-electron chi connectivity index (χ0n) is 21.5. The summed E-state index contributed by atoms with van der Waals surface area (Å²) in [6.45, 7) is -0.222. The fraction of sp³-hybridized carbons (Fsp3) is 0.241. The minimum absolute atomic E-state index is 0.00678. The molecule has 2 aromatic carbocycles. The number of fused-ring (bicyclic) bond motifs is 4. The van der Waals surface area contributed by atoms with Crippen molar-refractivity contribution < 1.29 is 18.3 Å². The van der Waals surface area contributed by atoms with E-state index in [0.717, 1.165) is 6.42 Å². The number of ether oxygens (including phenoxy) is 1. The number of benzene rings is 2. The number of halogens is 4. The van der Waals surface area contributed by atoms with Crippen LogP contribution in [0, 0.1) is 11.7 Å². The Hall–Kier alpha value is -4.22. The Kier molecular flexibility index (Phi) is 5.55. The first-order valence-corrected chi connectivity index (χ1v) is 14.0. The van der Waals surface area contributed by atoms with Crippen molar-refractivity contribution in [2.45, 2.75) is 31.2 Å². The molecule has 4 aliphatic rings. The van der Waals surface area contributed by atoms with E-state index in [1.807, 2.05) is 0 Å². The lowest BCUT2D eigenvalue weighted by molar-refractivity contribution is -0.121. The molecule has 3 aliphatic heterocycles.